The number of rotatable bonds is 13. The number of carbonyl (C=O) groups excluding carboxylic acids is 7. The molecule has 0 bridgehead atoms. The van der Waals surface area contributed by atoms with Gasteiger partial charge in [-0.15, -0.1) is 0 Å². The van der Waals surface area contributed by atoms with E-state index in [9.17, 15) is 38.7 Å². The molecular formula is C83H104Cl2N2O16. The molecule has 4 aromatic rings. The highest BCUT2D eigenvalue weighted by Crippen LogP contribution is 2.52. The van der Waals surface area contributed by atoms with Crippen LogP contribution in [0.2, 0.25) is 10.0 Å². The highest BCUT2D eigenvalue weighted by molar-refractivity contribution is 6.37. The Morgan fingerprint density at radius 3 is 1.50 bits per heavy atom. The third-order valence-electron chi connectivity index (χ3n) is 21.5. The van der Waals surface area contributed by atoms with E-state index in [0.29, 0.717) is 101 Å². The largest absolute Gasteiger partial charge is 0.513 e. The molecule has 4 heterocycles. The first-order valence-corrected chi connectivity index (χ1v) is 37.2. The van der Waals surface area contributed by atoms with Gasteiger partial charge >= 0.3 is 30.0 Å². The number of nitrogens with one attached hydrogen (secondary N) is 2. The molecular weight excluding hydrogens is 1350 g/mol. The van der Waals surface area contributed by atoms with Crippen LogP contribution in [0.25, 0.3) is 22.3 Å². The minimum absolute atomic E-state index is 0.154. The van der Waals surface area contributed by atoms with Crippen LogP contribution in [0.3, 0.4) is 0 Å². The number of carbonyl (C=O) groups is 7. The Kier molecular flexibility index (Phi) is 24.9. The van der Waals surface area contributed by atoms with Gasteiger partial charge in [0.1, 0.15) is 22.7 Å². The maximum atomic E-state index is 13.0. The highest BCUT2D eigenvalue weighted by atomic mass is 35.5. The molecule has 0 radical (unpaired) electrons. The van der Waals surface area contributed by atoms with Crippen LogP contribution in [0.4, 0.5) is 4.79 Å². The van der Waals surface area contributed by atoms with E-state index in [1.165, 1.54) is 0 Å². The van der Waals surface area contributed by atoms with Crippen molar-refractivity contribution in [1.29, 1.82) is 0 Å². The van der Waals surface area contributed by atoms with Gasteiger partial charge < -0.3 is 53.6 Å². The Labute approximate surface area is 617 Å². The quantitative estimate of drug-likeness (QED) is 0.0833. The molecule has 4 aliphatic heterocycles. The summed E-state index contributed by atoms with van der Waals surface area (Å²) < 4.78 is 45.0. The molecule has 4 spiro atoms. The summed E-state index contributed by atoms with van der Waals surface area (Å²) in [6, 6.07) is 20.9. The smallest absolute Gasteiger partial charge is 0.509 e. The molecule has 0 unspecified atom stereocenters. The fourth-order valence-corrected chi connectivity index (χ4v) is 16.0. The van der Waals surface area contributed by atoms with Crippen molar-refractivity contribution >= 4 is 87.3 Å². The molecule has 103 heavy (non-hydrogen) atoms. The summed E-state index contributed by atoms with van der Waals surface area (Å²) in [4.78, 5) is 88.9. The number of esters is 4. The van der Waals surface area contributed by atoms with Gasteiger partial charge in [-0.1, -0.05) is 129 Å². The predicted molar refractivity (Wildman–Crippen MR) is 397 cm³/mol. The number of aliphatic hydroxyl groups excluding tert-OH is 1. The lowest BCUT2D eigenvalue weighted by Crippen LogP contribution is -2.49. The van der Waals surface area contributed by atoms with E-state index in [1.54, 1.807) is 39.3 Å². The van der Waals surface area contributed by atoms with Gasteiger partial charge in [0.25, 0.3) is 11.8 Å². The molecule has 4 aromatic carbocycles. The zero-order valence-electron chi connectivity index (χ0n) is 63.0. The molecule has 4 fully saturated rings. The van der Waals surface area contributed by atoms with Crippen LogP contribution in [0.5, 0.6) is 0 Å². The molecule has 4 aliphatic carbocycles. The molecule has 2 amide bonds. The fourth-order valence-electron chi connectivity index (χ4n) is 15.5. The van der Waals surface area contributed by atoms with Crippen LogP contribution in [0.15, 0.2) is 89.8 Å². The van der Waals surface area contributed by atoms with Crippen molar-refractivity contribution in [3.05, 3.63) is 161 Å². The lowest BCUT2D eigenvalue weighted by atomic mass is 9.79. The average molecular weight is 1460 g/mol. The van der Waals surface area contributed by atoms with Crippen molar-refractivity contribution in [2.45, 2.75) is 253 Å². The van der Waals surface area contributed by atoms with Crippen molar-refractivity contribution < 1.29 is 76.6 Å². The second kappa shape index (κ2) is 32.3. The third-order valence-corrected chi connectivity index (χ3v) is 22.1. The SMILES string of the molecule is CCC(C)(C)C(=O)OC1=C(c2ccc(Cl)cc2Cl)C(=O)OC12CCCCC2.CCOC(=O)OC1=C(c2cc(C)ccc2C)C(=O)NC12CCC(OC)CC2.COC1CCC2(CC1)NC(=O)C(c1cc(C)ccc1C)=C2O.Cc1cc(C)c(C2=C(OC(=O)CC(C)(C)C)C3(CCCC3)OC2=O)c(C)c1. The van der Waals surface area contributed by atoms with E-state index >= 15 is 0 Å². The van der Waals surface area contributed by atoms with Crippen LogP contribution in [-0.4, -0.2) is 102 Å². The summed E-state index contributed by atoms with van der Waals surface area (Å²) in [5.41, 5.74) is 7.92. The number of halogens is 2. The van der Waals surface area contributed by atoms with Gasteiger partial charge in [0.2, 0.25) is 0 Å². The zero-order valence-corrected chi connectivity index (χ0v) is 64.5. The Morgan fingerprint density at radius 2 is 1.01 bits per heavy atom. The first kappa shape index (κ1) is 79.3. The second-order valence-electron chi connectivity index (χ2n) is 31.0. The molecule has 0 aromatic heterocycles. The summed E-state index contributed by atoms with van der Waals surface area (Å²) in [5.74, 6) is -0.579. The predicted octanol–water partition coefficient (Wildman–Crippen LogP) is 17.8. The van der Waals surface area contributed by atoms with Gasteiger partial charge in [-0.2, -0.15) is 0 Å². The summed E-state index contributed by atoms with van der Waals surface area (Å²) in [5, 5.41) is 17.8. The molecule has 556 valence electrons. The van der Waals surface area contributed by atoms with Crippen LogP contribution in [0, 0.1) is 59.3 Å². The lowest BCUT2D eigenvalue weighted by Gasteiger charge is -2.37. The van der Waals surface area contributed by atoms with Crippen molar-refractivity contribution in [1.82, 2.24) is 10.6 Å². The number of ether oxygens (including phenoxy) is 8. The summed E-state index contributed by atoms with van der Waals surface area (Å²) >= 11 is 12.4. The highest BCUT2D eigenvalue weighted by Gasteiger charge is 2.56. The van der Waals surface area contributed by atoms with Crippen molar-refractivity contribution in [2.75, 3.05) is 20.8 Å². The van der Waals surface area contributed by atoms with Gasteiger partial charge in [0, 0.05) is 24.8 Å². The topological polar surface area (TPSA) is 238 Å². The van der Waals surface area contributed by atoms with Crippen LogP contribution >= 0.6 is 23.2 Å². The maximum absolute atomic E-state index is 13.0. The number of methoxy groups -OCH3 is 2. The Bertz CT molecular complexity index is 4060. The standard InChI is InChI=1S/C23H30O4.C21H24Cl2O4.C21H27NO5.C18H23NO3/c1-14-11-15(2)18(16(3)12-14)19-20(26-17(24)13-22(4,5)6)23(27-21(19)25)9-7-8-10-23;1-4-20(2,3)19(25)26-17-16(14-9-8-13(22)12-15(14)23)18(24)27-21(17)10-6-5-7-11-21;1-5-26-20(24)27-18-17(16-12-13(2)6-7-14(16)3)19(23)22-21(18)10-8-15(25-4)9-11-21;1-11-4-5-12(2)14(10-11)15-16(20)18(19-17(15)21)8-6-13(22-3)7-9-18/h11-12H,7-10,13H2,1-6H3;8-9,12H,4-7,10-11H2,1-3H3;6-7,12,15H,5,8-11H2,1-4H3,(H,22,23);4-5,10,13,20H,6-9H2,1-3H3,(H,19,21). The minimum atomic E-state index is -0.882. The molecule has 3 N–H and O–H groups in total. The normalized spacial score (nSPS) is 22.6. The number of amides is 2. The number of hydrogen-bond donors (Lipinski definition) is 3. The van der Waals surface area contributed by atoms with E-state index in [0.717, 1.165) is 126 Å². The molecule has 20 heteroatoms. The molecule has 4 saturated carbocycles. The first-order valence-electron chi connectivity index (χ1n) is 36.4. The van der Waals surface area contributed by atoms with Gasteiger partial charge in [-0.25, -0.2) is 14.4 Å². The number of benzene rings is 4. The fraction of sp³-hybridized carbons (Fsp3) is 0.530. The second-order valence-corrected chi connectivity index (χ2v) is 31.8. The van der Waals surface area contributed by atoms with E-state index in [1.807, 2.05) is 126 Å². The monoisotopic (exact) mass is 1450 g/mol. The number of aliphatic hydroxyl groups is 1. The van der Waals surface area contributed by atoms with E-state index < -0.39 is 39.8 Å². The maximum Gasteiger partial charge on any atom is 0.513 e. The Hall–Kier alpha value is -7.77. The Morgan fingerprint density at radius 1 is 0.534 bits per heavy atom. The summed E-state index contributed by atoms with van der Waals surface area (Å²) in [6.07, 6.45) is 14.0. The van der Waals surface area contributed by atoms with Gasteiger partial charge in [-0.05, 0) is 235 Å². The average Bonchev–Trinajstić information content (AvgIpc) is 1.62. The van der Waals surface area contributed by atoms with E-state index in [4.69, 9.17) is 61.1 Å². The van der Waals surface area contributed by atoms with Crippen LogP contribution < -0.4 is 10.6 Å². The van der Waals surface area contributed by atoms with E-state index in [-0.39, 0.29) is 65.3 Å². The number of hydrogen-bond acceptors (Lipinski definition) is 16. The van der Waals surface area contributed by atoms with Crippen LogP contribution in [-0.2, 0) is 66.7 Å². The van der Waals surface area contributed by atoms with Crippen molar-refractivity contribution in [2.24, 2.45) is 10.8 Å². The van der Waals surface area contributed by atoms with Crippen LogP contribution in [0.1, 0.15) is 232 Å². The molecule has 18 nitrogen and oxygen atoms in total. The molecule has 8 aliphatic rings. The zero-order chi connectivity index (χ0) is 75.3. The lowest BCUT2D eigenvalue weighted by molar-refractivity contribution is -0.160. The van der Waals surface area contributed by atoms with Crippen molar-refractivity contribution in [3.63, 3.8) is 0 Å². The summed E-state index contributed by atoms with van der Waals surface area (Å²) in [7, 11) is 3.41. The molecule has 0 saturated heterocycles. The first-order chi connectivity index (χ1) is 48.6. The molecule has 0 atom stereocenters. The van der Waals surface area contributed by atoms with Crippen molar-refractivity contribution in [3.8, 4) is 0 Å². The Balaban J connectivity index is 0.000000160. The number of aryl methyl sites for hydroxylation is 7. The van der Waals surface area contributed by atoms with Gasteiger partial charge in [0.15, 0.2) is 22.7 Å². The van der Waals surface area contributed by atoms with Gasteiger partial charge in [0.05, 0.1) is 57.9 Å². The molecule has 12 rings (SSSR count). The van der Waals surface area contributed by atoms with E-state index in [2.05, 4.69) is 22.8 Å². The third kappa shape index (κ3) is 17.3. The van der Waals surface area contributed by atoms with Gasteiger partial charge in [-0.3, -0.25) is 19.2 Å². The summed E-state index contributed by atoms with van der Waals surface area (Å²) in [6.45, 7) is 27.4. The minimum Gasteiger partial charge on any atom is -0.509 e.